The molecule has 1 aromatic heterocycles. The van der Waals surface area contributed by atoms with Crippen molar-refractivity contribution in [2.24, 2.45) is 11.8 Å². The lowest BCUT2D eigenvalue weighted by Gasteiger charge is -2.53. The first-order chi connectivity index (χ1) is 18.8. The zero-order chi connectivity index (χ0) is 27.6. The molecule has 1 spiro atoms. The Balaban J connectivity index is 0.00000370. The average Bonchev–Trinajstić information content (AvgIpc) is 3.27. The van der Waals surface area contributed by atoms with Crippen molar-refractivity contribution >= 4 is 24.2 Å². The predicted octanol–water partition coefficient (Wildman–Crippen LogP) is 4.76. The number of rotatable bonds is 8. The Bertz CT molecular complexity index is 972. The van der Waals surface area contributed by atoms with Crippen LogP contribution in [0.15, 0.2) is 0 Å². The highest BCUT2D eigenvalue weighted by molar-refractivity contribution is 6.00. The van der Waals surface area contributed by atoms with Gasteiger partial charge in [0.05, 0.1) is 5.69 Å². The summed E-state index contributed by atoms with van der Waals surface area (Å²) >= 11 is 0. The van der Waals surface area contributed by atoms with Crippen molar-refractivity contribution in [3.05, 3.63) is 17.0 Å². The van der Waals surface area contributed by atoms with Gasteiger partial charge in [-0.05, 0) is 84.3 Å². The predicted molar refractivity (Wildman–Crippen MR) is 162 cm³/mol. The Hall–Kier alpha value is -1.64. The molecule has 4 fully saturated rings. The number of carbonyl (C=O) groups is 2. The number of carbonyl (C=O) groups excluding carboxylic acids is 2. The largest absolute Gasteiger partial charge is 0.342 e. The third-order valence-electron chi connectivity index (χ3n) is 10.5. The molecule has 1 saturated carbocycles. The third-order valence-corrected chi connectivity index (χ3v) is 10.5. The SMILES string of the molecule is CCCCN1C(=O)[C@H](CC2CCCCC2)NC(=O)C12CCN(C(c1c(C)n[nH]c1C)C1CCN(C)CC1)CC2.Cl. The molecule has 1 aromatic rings. The fourth-order valence-corrected chi connectivity index (χ4v) is 8.16. The van der Waals surface area contributed by atoms with E-state index in [9.17, 15) is 9.59 Å². The molecule has 9 heteroatoms. The number of hydrogen-bond acceptors (Lipinski definition) is 5. The van der Waals surface area contributed by atoms with E-state index < -0.39 is 5.54 Å². The summed E-state index contributed by atoms with van der Waals surface area (Å²) in [6.45, 7) is 11.0. The number of piperazine rings is 1. The fourth-order valence-electron chi connectivity index (χ4n) is 8.16. The number of nitrogens with zero attached hydrogens (tertiary/aromatic N) is 4. The molecule has 1 aliphatic carbocycles. The number of aromatic nitrogens is 2. The van der Waals surface area contributed by atoms with E-state index in [1.54, 1.807) is 0 Å². The van der Waals surface area contributed by atoms with Gasteiger partial charge < -0.3 is 15.1 Å². The van der Waals surface area contributed by atoms with Gasteiger partial charge in [-0.1, -0.05) is 45.4 Å². The fraction of sp³-hybridized carbons (Fsp3) is 0.839. The standard InChI is InChI=1S/C31H52N6O2.ClH/c1-5-6-16-37-29(38)26(21-24-10-8-7-9-11-24)32-30(39)31(37)14-19-36(20-15-31)28(25-12-17-35(4)18-13-25)27-22(2)33-34-23(27)3;/h24-26,28H,5-21H2,1-4H3,(H,32,39)(H,33,34);1H/t26-,28?;/m0./s1. The molecule has 0 radical (unpaired) electrons. The summed E-state index contributed by atoms with van der Waals surface area (Å²) in [7, 11) is 2.22. The van der Waals surface area contributed by atoms with Crippen molar-refractivity contribution in [1.29, 1.82) is 0 Å². The minimum absolute atomic E-state index is 0. The second-order valence-corrected chi connectivity index (χ2v) is 13.1. The van der Waals surface area contributed by atoms with Crippen LogP contribution in [0.5, 0.6) is 0 Å². The third kappa shape index (κ3) is 6.24. The summed E-state index contributed by atoms with van der Waals surface area (Å²) in [5, 5.41) is 11.1. The molecule has 2 N–H and O–H groups in total. The molecule has 4 heterocycles. The Morgan fingerprint density at radius 1 is 1.00 bits per heavy atom. The van der Waals surface area contributed by atoms with Crippen LogP contribution < -0.4 is 5.32 Å². The molecule has 0 aromatic carbocycles. The summed E-state index contributed by atoms with van der Waals surface area (Å²) in [6.07, 6.45) is 12.8. The molecule has 4 aliphatic rings. The van der Waals surface area contributed by atoms with Crippen LogP contribution in [0.4, 0.5) is 0 Å². The van der Waals surface area contributed by atoms with Crippen LogP contribution in [0.3, 0.4) is 0 Å². The van der Waals surface area contributed by atoms with Crippen molar-refractivity contribution in [1.82, 2.24) is 30.2 Å². The van der Waals surface area contributed by atoms with Crippen molar-refractivity contribution in [3.63, 3.8) is 0 Å². The van der Waals surface area contributed by atoms with Gasteiger partial charge in [0.15, 0.2) is 0 Å². The van der Waals surface area contributed by atoms with Crippen molar-refractivity contribution in [3.8, 4) is 0 Å². The van der Waals surface area contributed by atoms with E-state index in [2.05, 4.69) is 53.1 Å². The van der Waals surface area contributed by atoms with E-state index >= 15 is 0 Å². The number of unbranched alkanes of at least 4 members (excludes halogenated alkanes) is 1. The highest BCUT2D eigenvalue weighted by Crippen LogP contribution is 2.43. The maximum Gasteiger partial charge on any atom is 0.246 e. The van der Waals surface area contributed by atoms with E-state index in [0.717, 1.165) is 56.8 Å². The van der Waals surface area contributed by atoms with Gasteiger partial charge in [0.2, 0.25) is 11.8 Å². The molecular formula is C31H53ClN6O2. The summed E-state index contributed by atoms with van der Waals surface area (Å²) < 4.78 is 0. The summed E-state index contributed by atoms with van der Waals surface area (Å²) in [4.78, 5) is 35.0. The van der Waals surface area contributed by atoms with Gasteiger partial charge in [0, 0.05) is 36.9 Å². The molecule has 3 saturated heterocycles. The summed E-state index contributed by atoms with van der Waals surface area (Å²) in [6, 6.07) is -0.0374. The maximum atomic E-state index is 14.0. The van der Waals surface area contributed by atoms with Crippen molar-refractivity contribution < 1.29 is 9.59 Å². The number of H-pyrrole nitrogens is 1. The monoisotopic (exact) mass is 576 g/mol. The zero-order valence-electron chi connectivity index (χ0n) is 25.3. The van der Waals surface area contributed by atoms with Gasteiger partial charge in [-0.15, -0.1) is 12.4 Å². The van der Waals surface area contributed by atoms with Crippen LogP contribution in [0.2, 0.25) is 0 Å². The smallest absolute Gasteiger partial charge is 0.246 e. The number of likely N-dealkylation sites (tertiary alicyclic amines) is 2. The van der Waals surface area contributed by atoms with Crippen molar-refractivity contribution in [2.75, 3.05) is 39.8 Å². The Morgan fingerprint density at radius 2 is 1.68 bits per heavy atom. The van der Waals surface area contributed by atoms with Crippen LogP contribution in [-0.4, -0.2) is 88.1 Å². The topological polar surface area (TPSA) is 84.6 Å². The van der Waals surface area contributed by atoms with Gasteiger partial charge in [0.25, 0.3) is 0 Å². The zero-order valence-corrected chi connectivity index (χ0v) is 26.2. The molecule has 226 valence electrons. The second kappa shape index (κ2) is 13.6. The van der Waals surface area contributed by atoms with Gasteiger partial charge in [-0.3, -0.25) is 19.6 Å². The van der Waals surface area contributed by atoms with Crippen LogP contribution >= 0.6 is 12.4 Å². The molecular weight excluding hydrogens is 524 g/mol. The van der Waals surface area contributed by atoms with Gasteiger partial charge in [-0.2, -0.15) is 5.10 Å². The number of halogens is 1. The van der Waals surface area contributed by atoms with Crippen LogP contribution in [0.1, 0.15) is 107 Å². The van der Waals surface area contributed by atoms with E-state index in [1.807, 2.05) is 4.90 Å². The molecule has 8 nitrogen and oxygen atoms in total. The van der Waals surface area contributed by atoms with E-state index in [-0.39, 0.29) is 30.3 Å². The highest BCUT2D eigenvalue weighted by atomic mass is 35.5. The first-order valence-electron chi connectivity index (χ1n) is 15.9. The van der Waals surface area contributed by atoms with Crippen LogP contribution in [0, 0.1) is 25.7 Å². The van der Waals surface area contributed by atoms with E-state index in [1.165, 1.54) is 50.5 Å². The number of nitrogens with one attached hydrogen (secondary N) is 2. The minimum atomic E-state index is -0.705. The number of aryl methyl sites for hydroxylation is 2. The van der Waals surface area contributed by atoms with Gasteiger partial charge in [-0.25, -0.2) is 0 Å². The lowest BCUT2D eigenvalue weighted by molar-refractivity contribution is -0.162. The molecule has 2 atom stereocenters. The Labute approximate surface area is 247 Å². The maximum absolute atomic E-state index is 14.0. The van der Waals surface area contributed by atoms with E-state index in [0.29, 0.717) is 37.3 Å². The van der Waals surface area contributed by atoms with Gasteiger partial charge >= 0.3 is 0 Å². The number of aromatic amines is 1. The second-order valence-electron chi connectivity index (χ2n) is 13.1. The first-order valence-corrected chi connectivity index (χ1v) is 15.9. The first kappa shape index (κ1) is 31.3. The lowest BCUT2D eigenvalue weighted by Crippen LogP contribution is -2.73. The molecule has 3 aliphatic heterocycles. The molecule has 0 bridgehead atoms. The Morgan fingerprint density at radius 3 is 2.27 bits per heavy atom. The number of hydrogen-bond donors (Lipinski definition) is 2. The molecule has 1 unspecified atom stereocenters. The molecule has 40 heavy (non-hydrogen) atoms. The lowest BCUT2D eigenvalue weighted by atomic mass is 9.77. The van der Waals surface area contributed by atoms with E-state index in [4.69, 9.17) is 0 Å². The van der Waals surface area contributed by atoms with Gasteiger partial charge in [0.1, 0.15) is 11.6 Å². The van der Waals surface area contributed by atoms with Crippen LogP contribution in [0.25, 0.3) is 0 Å². The number of amides is 2. The average molecular weight is 577 g/mol. The molecule has 2 amide bonds. The number of piperidine rings is 2. The molecule has 5 rings (SSSR count). The van der Waals surface area contributed by atoms with Crippen LogP contribution in [-0.2, 0) is 9.59 Å². The Kier molecular flexibility index (Phi) is 10.6. The minimum Gasteiger partial charge on any atom is -0.342 e. The highest BCUT2D eigenvalue weighted by Gasteiger charge is 2.54. The normalized spacial score (nSPS) is 26.1. The summed E-state index contributed by atoms with van der Waals surface area (Å²) in [5.74, 6) is 1.41. The van der Waals surface area contributed by atoms with Crippen molar-refractivity contribution in [2.45, 2.75) is 115 Å². The quantitative estimate of drug-likeness (QED) is 0.466. The summed E-state index contributed by atoms with van der Waals surface area (Å²) in [5.41, 5.74) is 2.90.